The first-order valence-electron chi connectivity index (χ1n) is 9.78. The van der Waals surface area contributed by atoms with E-state index in [-0.39, 0.29) is 12.7 Å². The Morgan fingerprint density at radius 2 is 1.90 bits per heavy atom. The monoisotopic (exact) mass is 424 g/mol. The third-order valence-electron chi connectivity index (χ3n) is 4.81. The topological polar surface area (TPSA) is 149 Å². The molecule has 2 aliphatic rings. The van der Waals surface area contributed by atoms with Gasteiger partial charge in [0.25, 0.3) is 0 Å². The molecule has 0 aromatic heterocycles. The highest BCUT2D eigenvalue weighted by atomic mass is 16.6. The number of carbonyl (C=O) groups is 3. The molecule has 4 N–H and O–H groups in total. The van der Waals surface area contributed by atoms with Crippen LogP contribution < -0.4 is 5.73 Å². The lowest BCUT2D eigenvalue weighted by molar-refractivity contribution is -0.146. The first kappa shape index (κ1) is 23.6. The summed E-state index contributed by atoms with van der Waals surface area (Å²) in [7, 11) is 0. The van der Waals surface area contributed by atoms with Gasteiger partial charge in [0.05, 0.1) is 0 Å². The number of ether oxygens (including phenoxy) is 3. The van der Waals surface area contributed by atoms with Crippen molar-refractivity contribution in [1.29, 1.82) is 0 Å². The highest BCUT2D eigenvalue weighted by Crippen LogP contribution is 2.27. The number of aliphatic hydroxyl groups excluding tert-OH is 2. The molecule has 4 atom stereocenters. The van der Waals surface area contributed by atoms with Crippen molar-refractivity contribution in [2.24, 2.45) is 5.73 Å². The Hall–Kier alpha value is -2.69. The van der Waals surface area contributed by atoms with Crippen LogP contribution in [0.3, 0.4) is 0 Å². The van der Waals surface area contributed by atoms with E-state index in [2.05, 4.69) is 0 Å². The van der Waals surface area contributed by atoms with Crippen molar-refractivity contribution in [3.05, 3.63) is 36.2 Å². The maximum atomic E-state index is 11.8. The molecule has 0 spiro atoms. The average Bonchev–Trinajstić information content (AvgIpc) is 3.03. The maximum absolute atomic E-state index is 11.8. The number of aliphatic hydroxyl groups is 2. The largest absolute Gasteiger partial charge is 0.460 e. The Bertz CT molecular complexity index is 728. The number of carbonyl (C=O) groups excluding carboxylic acids is 3. The molecule has 10 nitrogen and oxygen atoms in total. The number of nitrogens with zero attached hydrogens (tertiary/aromatic N) is 1. The molecule has 1 amide bonds. The minimum absolute atomic E-state index is 0.216. The fourth-order valence-electron chi connectivity index (χ4n) is 3.02. The predicted octanol–water partition coefficient (Wildman–Crippen LogP) is -0.147. The van der Waals surface area contributed by atoms with Crippen molar-refractivity contribution in [3.63, 3.8) is 0 Å². The Morgan fingerprint density at radius 1 is 1.23 bits per heavy atom. The van der Waals surface area contributed by atoms with Crippen molar-refractivity contribution in [2.45, 2.75) is 63.8 Å². The van der Waals surface area contributed by atoms with Crippen LogP contribution in [-0.2, 0) is 28.6 Å². The second kappa shape index (κ2) is 10.9. The van der Waals surface area contributed by atoms with E-state index < -0.39 is 42.4 Å². The fourth-order valence-corrected chi connectivity index (χ4v) is 3.02. The third-order valence-corrected chi connectivity index (χ3v) is 4.81. The Balaban J connectivity index is 1.87. The molecule has 166 valence electrons. The van der Waals surface area contributed by atoms with E-state index in [1.807, 2.05) is 13.8 Å². The van der Waals surface area contributed by atoms with Crippen LogP contribution in [-0.4, -0.2) is 70.2 Å². The summed E-state index contributed by atoms with van der Waals surface area (Å²) in [6.07, 6.45) is 3.44. The maximum Gasteiger partial charge on any atom is 0.331 e. The normalized spacial score (nSPS) is 26.2. The summed E-state index contributed by atoms with van der Waals surface area (Å²) < 4.78 is 15.7. The lowest BCUT2D eigenvalue weighted by Gasteiger charge is -2.28. The predicted molar refractivity (Wildman–Crippen MR) is 104 cm³/mol. The smallest absolute Gasteiger partial charge is 0.331 e. The van der Waals surface area contributed by atoms with Gasteiger partial charge in [-0.05, 0) is 19.3 Å². The summed E-state index contributed by atoms with van der Waals surface area (Å²) in [5, 5.41) is 20.5. The van der Waals surface area contributed by atoms with Gasteiger partial charge < -0.3 is 35.1 Å². The number of rotatable bonds is 9. The molecular formula is C20H28N2O8. The molecule has 0 aromatic carbocycles. The van der Waals surface area contributed by atoms with E-state index in [0.29, 0.717) is 24.8 Å². The van der Waals surface area contributed by atoms with Crippen LogP contribution in [0, 0.1) is 0 Å². The van der Waals surface area contributed by atoms with Gasteiger partial charge in [-0.25, -0.2) is 9.59 Å². The molecule has 2 heterocycles. The summed E-state index contributed by atoms with van der Waals surface area (Å²) in [6.45, 7) is 3.43. The van der Waals surface area contributed by atoms with Gasteiger partial charge in [-0.1, -0.05) is 19.9 Å². The van der Waals surface area contributed by atoms with Gasteiger partial charge in [0.1, 0.15) is 31.0 Å². The summed E-state index contributed by atoms with van der Waals surface area (Å²) in [4.78, 5) is 36.3. The van der Waals surface area contributed by atoms with E-state index in [1.165, 1.54) is 11.1 Å². The van der Waals surface area contributed by atoms with Crippen molar-refractivity contribution < 1.29 is 38.8 Å². The van der Waals surface area contributed by atoms with Gasteiger partial charge in [-0.15, -0.1) is 0 Å². The summed E-state index contributed by atoms with van der Waals surface area (Å²) in [5.74, 6) is -2.07. The average molecular weight is 424 g/mol. The van der Waals surface area contributed by atoms with Gasteiger partial charge in [-0.3, -0.25) is 4.79 Å². The van der Waals surface area contributed by atoms with E-state index in [0.717, 1.165) is 12.2 Å². The van der Waals surface area contributed by atoms with E-state index >= 15 is 0 Å². The van der Waals surface area contributed by atoms with E-state index in [1.54, 1.807) is 12.3 Å². The molecule has 30 heavy (non-hydrogen) atoms. The number of esters is 2. The highest BCUT2D eigenvalue weighted by Gasteiger charge is 2.45. The lowest BCUT2D eigenvalue weighted by atomic mass is 10.1. The minimum Gasteiger partial charge on any atom is -0.460 e. The van der Waals surface area contributed by atoms with Crippen molar-refractivity contribution >= 4 is 17.8 Å². The Labute approximate surface area is 174 Å². The molecule has 10 heteroatoms. The van der Waals surface area contributed by atoms with Gasteiger partial charge in [0.15, 0.2) is 6.23 Å². The molecule has 0 bridgehead atoms. The van der Waals surface area contributed by atoms with Crippen LogP contribution in [0.1, 0.15) is 33.1 Å². The number of nitrogens with two attached hydrogens (primary N) is 1. The quantitative estimate of drug-likeness (QED) is 0.339. The zero-order valence-electron chi connectivity index (χ0n) is 17.0. The molecule has 2 aliphatic heterocycles. The zero-order chi connectivity index (χ0) is 22.3. The Kier molecular flexibility index (Phi) is 8.58. The van der Waals surface area contributed by atoms with Crippen LogP contribution in [0.2, 0.25) is 0 Å². The molecule has 0 aromatic rings. The van der Waals surface area contributed by atoms with Gasteiger partial charge >= 0.3 is 11.9 Å². The standard InChI is InChI=1S/C20H28N2O8/c1-3-13(4-2)29-16(24)8-7-15(23)28-11-14-17(25)18(26)20(30-14)22-9-5-6-12(10-22)19(21)27/h5,7-10,13-14,17-18,20,25-26H,3-4,6,11H2,1-2H3,(H2,21,27)/b8-7+/t14-,17-,18-,20-/m1/s1. The lowest BCUT2D eigenvalue weighted by Crippen LogP contribution is -2.40. The van der Waals surface area contributed by atoms with Gasteiger partial charge in [0.2, 0.25) is 5.91 Å². The van der Waals surface area contributed by atoms with Crippen LogP contribution >= 0.6 is 0 Å². The van der Waals surface area contributed by atoms with Crippen molar-refractivity contribution in [1.82, 2.24) is 4.90 Å². The summed E-state index contributed by atoms with van der Waals surface area (Å²) in [5.41, 5.74) is 5.60. The van der Waals surface area contributed by atoms with Gasteiger partial charge in [0, 0.05) is 30.1 Å². The molecular weight excluding hydrogens is 396 g/mol. The summed E-state index contributed by atoms with van der Waals surface area (Å²) >= 11 is 0. The van der Waals surface area contributed by atoms with E-state index in [4.69, 9.17) is 19.9 Å². The second-order valence-electron chi connectivity index (χ2n) is 6.94. The van der Waals surface area contributed by atoms with Crippen molar-refractivity contribution in [3.8, 4) is 0 Å². The first-order valence-corrected chi connectivity index (χ1v) is 9.78. The molecule has 0 aliphatic carbocycles. The number of amides is 1. The van der Waals surface area contributed by atoms with Crippen LogP contribution in [0.4, 0.5) is 0 Å². The SMILES string of the molecule is CCC(CC)OC(=O)/C=C/C(=O)OC[C@H]1O[C@@H](N2C=CCC(C(N)=O)=C2)[C@H](O)[C@@H]1O. The number of primary amides is 1. The molecule has 2 rings (SSSR count). The van der Waals surface area contributed by atoms with E-state index in [9.17, 15) is 24.6 Å². The van der Waals surface area contributed by atoms with Crippen molar-refractivity contribution in [2.75, 3.05) is 6.61 Å². The number of hydrogen-bond donors (Lipinski definition) is 3. The summed E-state index contributed by atoms with van der Waals surface area (Å²) in [6, 6.07) is 0. The van der Waals surface area contributed by atoms with Crippen LogP contribution in [0.5, 0.6) is 0 Å². The number of hydrogen-bond acceptors (Lipinski definition) is 9. The van der Waals surface area contributed by atoms with Crippen LogP contribution in [0.25, 0.3) is 0 Å². The zero-order valence-corrected chi connectivity index (χ0v) is 17.0. The molecule has 1 saturated heterocycles. The van der Waals surface area contributed by atoms with Crippen LogP contribution in [0.15, 0.2) is 36.2 Å². The molecule has 1 fully saturated rings. The molecule has 0 saturated carbocycles. The third kappa shape index (κ3) is 6.15. The molecule has 0 radical (unpaired) electrons. The first-order chi connectivity index (χ1) is 14.3. The van der Waals surface area contributed by atoms with Gasteiger partial charge in [-0.2, -0.15) is 0 Å². The Morgan fingerprint density at radius 3 is 2.53 bits per heavy atom. The second-order valence-corrected chi connectivity index (χ2v) is 6.94. The highest BCUT2D eigenvalue weighted by molar-refractivity contribution is 5.92. The molecule has 0 unspecified atom stereocenters. The minimum atomic E-state index is -1.33. The number of allylic oxidation sites excluding steroid dienone is 1. The fraction of sp³-hybridized carbons (Fsp3) is 0.550.